The molecular formula is C14H18O. The Balaban J connectivity index is 2.39. The van der Waals surface area contributed by atoms with Gasteiger partial charge in [-0.25, -0.2) is 0 Å². The third kappa shape index (κ3) is 4.50. The first-order valence-corrected chi connectivity index (χ1v) is 5.28. The zero-order valence-corrected chi connectivity index (χ0v) is 9.06. The van der Waals surface area contributed by atoms with Gasteiger partial charge in [0.25, 0.3) is 0 Å². The summed E-state index contributed by atoms with van der Waals surface area (Å²) in [6.07, 6.45) is 6.52. The molecule has 0 aromatic heterocycles. The first-order chi connectivity index (χ1) is 7.36. The van der Waals surface area contributed by atoms with Crippen molar-refractivity contribution in [3.63, 3.8) is 0 Å². The summed E-state index contributed by atoms with van der Waals surface area (Å²) in [6.45, 7) is 7.30. The largest absolute Gasteiger partial charge is 0.498 e. The van der Waals surface area contributed by atoms with Crippen molar-refractivity contribution in [1.82, 2.24) is 0 Å². The molecule has 1 rings (SSSR count). The molecule has 1 aromatic carbocycles. The van der Waals surface area contributed by atoms with Gasteiger partial charge in [0.05, 0.1) is 6.26 Å². The monoisotopic (exact) mass is 202 g/mol. The predicted molar refractivity (Wildman–Crippen MR) is 64.6 cm³/mol. The van der Waals surface area contributed by atoms with Crippen LogP contribution in [-0.2, 0) is 11.2 Å². The Morgan fingerprint density at radius 1 is 1.20 bits per heavy atom. The molecule has 80 valence electrons. The molecule has 0 amide bonds. The van der Waals surface area contributed by atoms with Crippen LogP contribution in [0.5, 0.6) is 0 Å². The minimum Gasteiger partial charge on any atom is -0.498 e. The molecular weight excluding hydrogens is 184 g/mol. The zero-order valence-electron chi connectivity index (χ0n) is 9.06. The molecule has 0 fully saturated rings. The molecule has 15 heavy (non-hydrogen) atoms. The Morgan fingerprint density at radius 3 is 2.53 bits per heavy atom. The Kier molecular flexibility index (Phi) is 5.31. The Labute approximate surface area is 92.1 Å². The molecule has 1 unspecified atom stereocenters. The number of ether oxygens (including phenoxy) is 1. The highest BCUT2D eigenvalue weighted by Gasteiger charge is 2.05. The number of benzene rings is 1. The van der Waals surface area contributed by atoms with Crippen molar-refractivity contribution in [1.29, 1.82) is 0 Å². The first kappa shape index (κ1) is 11.6. The molecule has 0 aliphatic heterocycles. The quantitative estimate of drug-likeness (QED) is 0.483. The first-order valence-electron chi connectivity index (χ1n) is 5.28. The third-order valence-electron chi connectivity index (χ3n) is 2.32. The van der Waals surface area contributed by atoms with E-state index in [1.54, 1.807) is 0 Å². The van der Waals surface area contributed by atoms with Crippen LogP contribution in [0.1, 0.15) is 18.4 Å². The lowest BCUT2D eigenvalue weighted by atomic mass is 10.1. The van der Waals surface area contributed by atoms with E-state index in [2.05, 4.69) is 37.4 Å². The minimum absolute atomic E-state index is 0.209. The van der Waals surface area contributed by atoms with Gasteiger partial charge in [-0.3, -0.25) is 0 Å². The number of hydrogen-bond acceptors (Lipinski definition) is 1. The van der Waals surface area contributed by atoms with E-state index in [0.29, 0.717) is 0 Å². The van der Waals surface area contributed by atoms with Crippen molar-refractivity contribution in [2.45, 2.75) is 25.4 Å². The summed E-state index contributed by atoms with van der Waals surface area (Å²) >= 11 is 0. The van der Waals surface area contributed by atoms with Crippen LogP contribution in [0, 0.1) is 0 Å². The van der Waals surface area contributed by atoms with Crippen LogP contribution in [-0.4, -0.2) is 6.10 Å². The normalized spacial score (nSPS) is 11.7. The third-order valence-corrected chi connectivity index (χ3v) is 2.32. The number of rotatable bonds is 7. The average molecular weight is 202 g/mol. The fraction of sp³-hybridized carbons (Fsp3) is 0.286. The van der Waals surface area contributed by atoms with E-state index in [4.69, 9.17) is 4.74 Å². The molecule has 0 aliphatic carbocycles. The van der Waals surface area contributed by atoms with Gasteiger partial charge < -0.3 is 4.74 Å². The summed E-state index contributed by atoms with van der Waals surface area (Å²) in [6, 6.07) is 10.4. The molecule has 1 atom stereocenters. The molecule has 0 heterocycles. The van der Waals surface area contributed by atoms with Gasteiger partial charge in [-0.05, 0) is 18.4 Å². The van der Waals surface area contributed by atoms with E-state index >= 15 is 0 Å². The van der Waals surface area contributed by atoms with Crippen LogP contribution >= 0.6 is 0 Å². The van der Waals surface area contributed by atoms with E-state index in [1.165, 1.54) is 11.8 Å². The van der Waals surface area contributed by atoms with Crippen molar-refractivity contribution in [3.05, 3.63) is 61.4 Å². The van der Waals surface area contributed by atoms with Crippen molar-refractivity contribution in [2.24, 2.45) is 0 Å². The van der Waals surface area contributed by atoms with Gasteiger partial charge in [0, 0.05) is 6.42 Å². The van der Waals surface area contributed by atoms with Gasteiger partial charge >= 0.3 is 0 Å². The molecule has 0 N–H and O–H groups in total. The van der Waals surface area contributed by atoms with Crippen LogP contribution in [0.25, 0.3) is 0 Å². The van der Waals surface area contributed by atoms with Crippen LogP contribution in [0.3, 0.4) is 0 Å². The van der Waals surface area contributed by atoms with E-state index in [1.807, 2.05) is 12.1 Å². The topological polar surface area (TPSA) is 9.23 Å². The van der Waals surface area contributed by atoms with Crippen molar-refractivity contribution >= 4 is 0 Å². The number of aryl methyl sites for hydroxylation is 1. The van der Waals surface area contributed by atoms with E-state index < -0.39 is 0 Å². The Morgan fingerprint density at radius 2 is 1.93 bits per heavy atom. The van der Waals surface area contributed by atoms with Crippen molar-refractivity contribution < 1.29 is 4.74 Å². The summed E-state index contributed by atoms with van der Waals surface area (Å²) in [7, 11) is 0. The molecule has 1 heteroatoms. The second kappa shape index (κ2) is 6.88. The standard InChI is InChI=1S/C14H18O/c1-3-8-14(15-4-2)12-11-13-9-6-5-7-10-13/h3-7,9-10,14H,1-2,8,11-12H2. The van der Waals surface area contributed by atoms with E-state index in [-0.39, 0.29) is 6.10 Å². The van der Waals surface area contributed by atoms with Crippen LogP contribution in [0.4, 0.5) is 0 Å². The molecule has 0 aliphatic rings. The van der Waals surface area contributed by atoms with E-state index in [9.17, 15) is 0 Å². The highest BCUT2D eigenvalue weighted by Crippen LogP contribution is 2.10. The summed E-state index contributed by atoms with van der Waals surface area (Å²) < 4.78 is 5.40. The average Bonchev–Trinajstić information content (AvgIpc) is 2.28. The lowest BCUT2D eigenvalue weighted by Gasteiger charge is -2.14. The molecule has 1 nitrogen and oxygen atoms in total. The summed E-state index contributed by atoms with van der Waals surface area (Å²) in [5.74, 6) is 0. The van der Waals surface area contributed by atoms with Gasteiger partial charge in [0.15, 0.2) is 0 Å². The van der Waals surface area contributed by atoms with Crippen LogP contribution in [0.15, 0.2) is 55.8 Å². The predicted octanol–water partition coefficient (Wildman–Crippen LogP) is 3.72. The van der Waals surface area contributed by atoms with Gasteiger partial charge in [0.1, 0.15) is 6.10 Å². The SMILES string of the molecule is C=CCC(CCc1ccccc1)OC=C. The maximum Gasteiger partial charge on any atom is 0.101 e. The van der Waals surface area contributed by atoms with Crippen LogP contribution in [0.2, 0.25) is 0 Å². The molecule has 0 radical (unpaired) electrons. The van der Waals surface area contributed by atoms with Crippen LogP contribution < -0.4 is 0 Å². The fourth-order valence-corrected chi connectivity index (χ4v) is 1.54. The maximum absolute atomic E-state index is 5.40. The number of hydrogen-bond donors (Lipinski definition) is 0. The van der Waals surface area contributed by atoms with Crippen molar-refractivity contribution in [2.75, 3.05) is 0 Å². The van der Waals surface area contributed by atoms with Gasteiger partial charge in [0.2, 0.25) is 0 Å². The lowest BCUT2D eigenvalue weighted by Crippen LogP contribution is -2.09. The summed E-state index contributed by atoms with van der Waals surface area (Å²) in [5, 5.41) is 0. The summed E-state index contributed by atoms with van der Waals surface area (Å²) in [4.78, 5) is 0. The van der Waals surface area contributed by atoms with Crippen molar-refractivity contribution in [3.8, 4) is 0 Å². The molecule has 0 spiro atoms. The maximum atomic E-state index is 5.40. The molecule has 1 aromatic rings. The molecule has 0 bridgehead atoms. The second-order valence-corrected chi connectivity index (χ2v) is 3.47. The van der Waals surface area contributed by atoms with Gasteiger partial charge in [-0.2, -0.15) is 0 Å². The second-order valence-electron chi connectivity index (χ2n) is 3.47. The Hall–Kier alpha value is -1.50. The highest BCUT2D eigenvalue weighted by molar-refractivity contribution is 5.14. The fourth-order valence-electron chi connectivity index (χ4n) is 1.54. The van der Waals surface area contributed by atoms with E-state index in [0.717, 1.165) is 19.3 Å². The minimum atomic E-state index is 0.209. The lowest BCUT2D eigenvalue weighted by molar-refractivity contribution is 0.139. The Bertz CT molecular complexity index is 279. The van der Waals surface area contributed by atoms with Gasteiger partial charge in [-0.15, -0.1) is 6.58 Å². The molecule has 0 saturated heterocycles. The highest BCUT2D eigenvalue weighted by atomic mass is 16.5. The van der Waals surface area contributed by atoms with Gasteiger partial charge in [-0.1, -0.05) is 43.0 Å². The molecule has 0 saturated carbocycles. The smallest absolute Gasteiger partial charge is 0.101 e. The zero-order chi connectivity index (χ0) is 10.9. The summed E-state index contributed by atoms with van der Waals surface area (Å²) in [5.41, 5.74) is 1.35.